The smallest absolute Gasteiger partial charge is 0.144 e. The lowest BCUT2D eigenvalue weighted by Crippen LogP contribution is -2.63. The van der Waals surface area contributed by atoms with Crippen molar-refractivity contribution < 1.29 is 25.2 Å². The first-order chi connectivity index (χ1) is 9.55. The number of hydrogen-bond acceptors (Lipinski definition) is 5. The predicted molar refractivity (Wildman–Crippen MR) is 77.4 cm³/mol. The van der Waals surface area contributed by atoms with E-state index in [-0.39, 0.29) is 31.1 Å². The lowest BCUT2D eigenvalue weighted by atomic mass is 9.51. The van der Waals surface area contributed by atoms with Gasteiger partial charge in [0, 0.05) is 25.4 Å². The minimum atomic E-state index is -1.38. The predicted octanol–water partition coefficient (Wildman–Crippen LogP) is 0.403. The first kappa shape index (κ1) is 16.6. The molecule has 0 bridgehead atoms. The maximum Gasteiger partial charge on any atom is 0.144 e. The van der Waals surface area contributed by atoms with Crippen molar-refractivity contribution in [2.24, 2.45) is 17.3 Å². The second-order valence-electron chi connectivity index (χ2n) is 7.27. The molecule has 120 valence electrons. The van der Waals surface area contributed by atoms with E-state index in [4.69, 9.17) is 5.11 Å². The number of ketones is 1. The van der Waals surface area contributed by atoms with E-state index in [2.05, 4.69) is 0 Å². The quantitative estimate of drug-likeness (QED) is 0.566. The largest absolute Gasteiger partial charge is 0.396 e. The Kier molecular flexibility index (Phi) is 4.08. The molecule has 1 fully saturated rings. The molecule has 0 aliphatic heterocycles. The summed E-state index contributed by atoms with van der Waals surface area (Å²) in [6, 6.07) is 0. The standard InChI is InChI=1S/C16H26O5/c1-14(20)8-10-4-6-15(2,21)16(3,12(19)5-7-17)13(10)11(18)9-14/h4,6,10-11,13,17-18,20-21H,5,7-9H2,1-3H3/t10-,11+,13-,14+,15+,16-/m0/s1. The molecule has 4 N–H and O–H groups in total. The molecule has 0 aromatic rings. The highest BCUT2D eigenvalue weighted by Gasteiger charge is 2.60. The van der Waals surface area contributed by atoms with E-state index in [0.29, 0.717) is 6.42 Å². The Morgan fingerprint density at radius 2 is 1.86 bits per heavy atom. The maximum atomic E-state index is 12.6. The first-order valence-corrected chi connectivity index (χ1v) is 7.51. The normalized spacial score (nSPS) is 49.8. The van der Waals surface area contributed by atoms with E-state index in [1.807, 2.05) is 0 Å². The summed E-state index contributed by atoms with van der Waals surface area (Å²) in [6.45, 7) is 4.63. The zero-order valence-electron chi connectivity index (χ0n) is 12.9. The van der Waals surface area contributed by atoms with Gasteiger partial charge in [0.25, 0.3) is 0 Å². The summed E-state index contributed by atoms with van der Waals surface area (Å²) in [7, 11) is 0. The number of aliphatic hydroxyl groups is 4. The van der Waals surface area contributed by atoms with Crippen LogP contribution >= 0.6 is 0 Å². The fourth-order valence-electron chi connectivity index (χ4n) is 4.23. The van der Waals surface area contributed by atoms with Crippen molar-refractivity contribution in [2.45, 2.75) is 57.3 Å². The van der Waals surface area contributed by atoms with Crippen LogP contribution in [0, 0.1) is 17.3 Å². The Balaban J connectivity index is 2.47. The van der Waals surface area contributed by atoms with E-state index < -0.39 is 28.6 Å². The second-order valence-corrected chi connectivity index (χ2v) is 7.27. The molecule has 0 aromatic carbocycles. The number of carbonyl (C=O) groups is 1. The van der Waals surface area contributed by atoms with Crippen LogP contribution in [-0.2, 0) is 4.79 Å². The van der Waals surface area contributed by atoms with E-state index in [1.165, 1.54) is 0 Å². The minimum absolute atomic E-state index is 0.0488. The van der Waals surface area contributed by atoms with E-state index in [1.54, 1.807) is 32.9 Å². The van der Waals surface area contributed by atoms with Crippen molar-refractivity contribution in [2.75, 3.05) is 6.61 Å². The Labute approximate surface area is 125 Å². The molecular formula is C16H26O5. The van der Waals surface area contributed by atoms with Crippen LogP contribution < -0.4 is 0 Å². The van der Waals surface area contributed by atoms with Gasteiger partial charge in [0.05, 0.1) is 22.7 Å². The average Bonchev–Trinajstić information content (AvgIpc) is 2.32. The first-order valence-electron chi connectivity index (χ1n) is 7.51. The molecule has 0 radical (unpaired) electrons. The van der Waals surface area contributed by atoms with Crippen molar-refractivity contribution in [1.82, 2.24) is 0 Å². The van der Waals surface area contributed by atoms with Crippen LogP contribution in [-0.4, -0.2) is 50.1 Å². The van der Waals surface area contributed by atoms with Gasteiger partial charge in [-0.2, -0.15) is 0 Å². The van der Waals surface area contributed by atoms with E-state index >= 15 is 0 Å². The van der Waals surface area contributed by atoms with Gasteiger partial charge in [0.1, 0.15) is 5.78 Å². The fraction of sp³-hybridized carbons (Fsp3) is 0.812. The van der Waals surface area contributed by atoms with Gasteiger partial charge in [-0.25, -0.2) is 0 Å². The summed E-state index contributed by atoms with van der Waals surface area (Å²) in [4.78, 5) is 12.6. The Morgan fingerprint density at radius 1 is 1.24 bits per heavy atom. The summed E-state index contributed by atoms with van der Waals surface area (Å²) in [5.74, 6) is -0.886. The van der Waals surface area contributed by atoms with Crippen LogP contribution in [0.2, 0.25) is 0 Å². The molecule has 0 unspecified atom stereocenters. The number of rotatable bonds is 3. The van der Waals surface area contributed by atoms with Gasteiger partial charge >= 0.3 is 0 Å². The van der Waals surface area contributed by atoms with E-state index in [9.17, 15) is 20.1 Å². The summed E-state index contributed by atoms with van der Waals surface area (Å²) in [5, 5.41) is 40.5. The molecule has 21 heavy (non-hydrogen) atoms. The SMILES string of the molecule is C[C@]1(O)C[C@@H](O)[C@@H]2[C@@H](C=C[C@@](C)(O)[C@@]2(C)C(=O)CCO)C1. The van der Waals surface area contributed by atoms with Crippen molar-refractivity contribution in [3.05, 3.63) is 12.2 Å². The number of fused-ring (bicyclic) bond motifs is 1. The van der Waals surface area contributed by atoms with Crippen molar-refractivity contribution in [3.63, 3.8) is 0 Å². The molecule has 2 rings (SSSR count). The minimum Gasteiger partial charge on any atom is -0.396 e. The number of aliphatic hydroxyl groups excluding tert-OH is 2. The highest BCUT2D eigenvalue weighted by Crippen LogP contribution is 2.54. The molecule has 0 aromatic heterocycles. The molecular weight excluding hydrogens is 272 g/mol. The van der Waals surface area contributed by atoms with Crippen LogP contribution in [0.15, 0.2) is 12.2 Å². The Hall–Kier alpha value is -0.750. The molecule has 6 atom stereocenters. The second kappa shape index (κ2) is 5.16. The van der Waals surface area contributed by atoms with Crippen LogP contribution in [0.1, 0.15) is 40.0 Å². The highest BCUT2D eigenvalue weighted by atomic mass is 16.3. The summed E-state index contributed by atoms with van der Waals surface area (Å²) in [5.41, 5.74) is -3.54. The van der Waals surface area contributed by atoms with Crippen LogP contribution in [0.4, 0.5) is 0 Å². The third-order valence-electron chi connectivity index (χ3n) is 5.50. The van der Waals surface area contributed by atoms with Crippen molar-refractivity contribution in [3.8, 4) is 0 Å². The lowest BCUT2D eigenvalue weighted by Gasteiger charge is -2.56. The zero-order chi connectivity index (χ0) is 16.1. The zero-order valence-corrected chi connectivity index (χ0v) is 12.9. The molecule has 2 aliphatic rings. The third-order valence-corrected chi connectivity index (χ3v) is 5.50. The van der Waals surface area contributed by atoms with Crippen LogP contribution in [0.5, 0.6) is 0 Å². The van der Waals surface area contributed by atoms with Crippen molar-refractivity contribution in [1.29, 1.82) is 0 Å². The highest BCUT2D eigenvalue weighted by molar-refractivity contribution is 5.87. The maximum absolute atomic E-state index is 12.6. The van der Waals surface area contributed by atoms with Gasteiger partial charge in [0.2, 0.25) is 0 Å². The molecule has 5 nitrogen and oxygen atoms in total. The van der Waals surface area contributed by atoms with Gasteiger partial charge in [-0.15, -0.1) is 0 Å². The van der Waals surface area contributed by atoms with Gasteiger partial charge in [-0.1, -0.05) is 12.2 Å². The Morgan fingerprint density at radius 3 is 2.43 bits per heavy atom. The molecule has 0 amide bonds. The molecule has 1 saturated carbocycles. The van der Waals surface area contributed by atoms with E-state index in [0.717, 1.165) is 0 Å². The monoisotopic (exact) mass is 298 g/mol. The third kappa shape index (κ3) is 2.57. The molecule has 2 aliphatic carbocycles. The summed E-state index contributed by atoms with van der Waals surface area (Å²) in [6.07, 6.45) is 3.10. The summed E-state index contributed by atoms with van der Waals surface area (Å²) >= 11 is 0. The molecule has 0 heterocycles. The molecule has 0 saturated heterocycles. The Bertz CT molecular complexity index is 454. The van der Waals surface area contributed by atoms with Gasteiger partial charge < -0.3 is 20.4 Å². The molecule has 5 heteroatoms. The topological polar surface area (TPSA) is 98.0 Å². The van der Waals surface area contributed by atoms with Crippen LogP contribution in [0.25, 0.3) is 0 Å². The number of hydrogen-bond donors (Lipinski definition) is 4. The number of Topliss-reactive ketones (excluding diaryl/α,β-unsaturated/α-hetero) is 1. The van der Waals surface area contributed by atoms with Crippen molar-refractivity contribution >= 4 is 5.78 Å². The average molecular weight is 298 g/mol. The number of allylic oxidation sites excluding steroid dienone is 1. The van der Waals surface area contributed by atoms with Gasteiger partial charge in [-0.05, 0) is 33.1 Å². The lowest BCUT2D eigenvalue weighted by molar-refractivity contribution is -0.177. The summed E-state index contributed by atoms with van der Waals surface area (Å²) < 4.78 is 0. The molecule has 0 spiro atoms. The van der Waals surface area contributed by atoms with Gasteiger partial charge in [0.15, 0.2) is 0 Å². The van der Waals surface area contributed by atoms with Gasteiger partial charge in [-0.3, -0.25) is 4.79 Å². The fourth-order valence-corrected chi connectivity index (χ4v) is 4.23. The van der Waals surface area contributed by atoms with Crippen LogP contribution in [0.3, 0.4) is 0 Å². The number of carbonyl (C=O) groups excluding carboxylic acids is 1.